The highest BCUT2D eigenvalue weighted by atomic mass is 19.1. The summed E-state index contributed by atoms with van der Waals surface area (Å²) in [4.78, 5) is 22.4. The third-order valence-corrected chi connectivity index (χ3v) is 2.61. The van der Waals surface area contributed by atoms with Gasteiger partial charge in [-0.15, -0.1) is 0 Å². The molecule has 0 fully saturated rings. The van der Waals surface area contributed by atoms with E-state index in [-0.39, 0.29) is 17.9 Å². The Kier molecular flexibility index (Phi) is 4.62. The van der Waals surface area contributed by atoms with E-state index in [1.807, 2.05) is 0 Å². The van der Waals surface area contributed by atoms with Crippen LogP contribution < -0.4 is 11.1 Å². The summed E-state index contributed by atoms with van der Waals surface area (Å²) < 4.78 is 28.0. The van der Waals surface area contributed by atoms with Crippen LogP contribution in [-0.2, 0) is 16.1 Å². The Morgan fingerprint density at radius 3 is 2.59 bits per heavy atom. The lowest BCUT2D eigenvalue weighted by molar-refractivity contribution is -0.118. The van der Waals surface area contributed by atoms with Crippen molar-refractivity contribution in [2.24, 2.45) is 5.73 Å². The van der Waals surface area contributed by atoms with Crippen molar-refractivity contribution in [3.63, 3.8) is 0 Å². The smallest absolute Gasteiger partial charge is 0.249 e. The van der Waals surface area contributed by atoms with Crippen LogP contribution in [0.2, 0.25) is 0 Å². The molecule has 1 heterocycles. The molecule has 8 heteroatoms. The van der Waals surface area contributed by atoms with E-state index in [2.05, 4.69) is 10.4 Å². The summed E-state index contributed by atoms with van der Waals surface area (Å²) in [7, 11) is 0. The molecule has 0 unspecified atom stereocenters. The zero-order valence-electron chi connectivity index (χ0n) is 11.3. The van der Waals surface area contributed by atoms with Crippen LogP contribution in [0.1, 0.15) is 5.56 Å². The van der Waals surface area contributed by atoms with Crippen molar-refractivity contribution in [1.29, 1.82) is 0 Å². The normalized spacial score (nSPS) is 10.8. The van der Waals surface area contributed by atoms with Gasteiger partial charge in [-0.1, -0.05) is 6.07 Å². The number of primary amides is 1. The molecule has 1 aromatic carbocycles. The van der Waals surface area contributed by atoms with Crippen LogP contribution in [0.25, 0.3) is 6.08 Å². The van der Waals surface area contributed by atoms with Gasteiger partial charge in [0.1, 0.15) is 18.2 Å². The van der Waals surface area contributed by atoms with Gasteiger partial charge in [0.2, 0.25) is 11.8 Å². The van der Waals surface area contributed by atoms with Gasteiger partial charge in [-0.05, 0) is 18.2 Å². The fourth-order valence-electron chi connectivity index (χ4n) is 1.67. The summed E-state index contributed by atoms with van der Waals surface area (Å²) in [5, 5.41) is 6.27. The molecule has 3 N–H and O–H groups in total. The Morgan fingerprint density at radius 1 is 1.27 bits per heavy atom. The number of nitrogens with two attached hydrogens (primary N) is 1. The number of benzene rings is 1. The lowest BCUT2D eigenvalue weighted by Crippen LogP contribution is -2.19. The summed E-state index contributed by atoms with van der Waals surface area (Å²) in [6, 6.07) is 4.87. The first-order valence-corrected chi connectivity index (χ1v) is 6.20. The number of halogens is 2. The number of anilines is 1. The van der Waals surface area contributed by atoms with E-state index in [1.165, 1.54) is 23.0 Å². The second kappa shape index (κ2) is 6.61. The summed E-state index contributed by atoms with van der Waals surface area (Å²) in [5.41, 5.74) is 4.70. The predicted octanol–water partition coefficient (Wildman–Crippen LogP) is 1.30. The van der Waals surface area contributed by atoms with Crippen molar-refractivity contribution in [3.05, 3.63) is 53.7 Å². The van der Waals surface area contributed by atoms with Crippen LogP contribution in [0.3, 0.4) is 0 Å². The van der Waals surface area contributed by atoms with E-state index in [0.29, 0.717) is 0 Å². The molecule has 1 aromatic heterocycles. The van der Waals surface area contributed by atoms with Crippen molar-refractivity contribution in [2.45, 2.75) is 6.54 Å². The summed E-state index contributed by atoms with van der Waals surface area (Å²) >= 11 is 0. The van der Waals surface area contributed by atoms with Crippen LogP contribution in [0, 0.1) is 11.6 Å². The Labute approximate surface area is 124 Å². The Balaban J connectivity index is 2.02. The van der Waals surface area contributed by atoms with E-state index in [0.717, 1.165) is 24.3 Å². The van der Waals surface area contributed by atoms with E-state index in [4.69, 9.17) is 5.73 Å². The lowest BCUT2D eigenvalue weighted by Gasteiger charge is -1.99. The summed E-state index contributed by atoms with van der Waals surface area (Å²) in [6.45, 7) is -0.119. The minimum atomic E-state index is -0.769. The standard InChI is InChI=1S/C14H12F2N4O2/c15-10-2-1-3-11(16)9(10)4-5-14(22)18-13-6-7-20(19-13)8-12(17)21/h1-7H,8H2,(H2,17,21)(H,18,19,22)/b5-4-. The fraction of sp³-hybridized carbons (Fsp3) is 0.0714. The number of aromatic nitrogens is 2. The number of carbonyl (C=O) groups excluding carboxylic acids is 2. The molecule has 0 bridgehead atoms. The summed E-state index contributed by atoms with van der Waals surface area (Å²) in [6.07, 6.45) is 3.47. The molecule has 0 spiro atoms. The highest BCUT2D eigenvalue weighted by Crippen LogP contribution is 2.13. The number of hydrogen-bond acceptors (Lipinski definition) is 3. The molecule has 22 heavy (non-hydrogen) atoms. The molecule has 0 saturated carbocycles. The molecule has 0 aliphatic heterocycles. The molecule has 0 radical (unpaired) electrons. The first-order chi connectivity index (χ1) is 10.5. The molecular weight excluding hydrogens is 294 g/mol. The van der Waals surface area contributed by atoms with Crippen LogP contribution in [0.4, 0.5) is 14.6 Å². The second-order valence-electron chi connectivity index (χ2n) is 4.32. The zero-order chi connectivity index (χ0) is 16.1. The lowest BCUT2D eigenvalue weighted by atomic mass is 10.2. The number of rotatable bonds is 5. The van der Waals surface area contributed by atoms with Gasteiger partial charge < -0.3 is 11.1 Å². The van der Waals surface area contributed by atoms with Gasteiger partial charge in [-0.3, -0.25) is 14.3 Å². The highest BCUT2D eigenvalue weighted by molar-refractivity contribution is 6.01. The van der Waals surface area contributed by atoms with E-state index in [9.17, 15) is 18.4 Å². The van der Waals surface area contributed by atoms with Crippen molar-refractivity contribution in [3.8, 4) is 0 Å². The SMILES string of the molecule is NC(=O)Cn1ccc(NC(=O)/C=C\c2c(F)cccc2F)n1. The third-order valence-electron chi connectivity index (χ3n) is 2.61. The number of nitrogens with one attached hydrogen (secondary N) is 1. The van der Waals surface area contributed by atoms with Gasteiger partial charge in [0, 0.05) is 23.9 Å². The number of nitrogens with zero attached hydrogens (tertiary/aromatic N) is 2. The Morgan fingerprint density at radius 2 is 1.95 bits per heavy atom. The first kappa shape index (κ1) is 15.4. The average Bonchev–Trinajstić information content (AvgIpc) is 2.84. The molecule has 0 atom stereocenters. The van der Waals surface area contributed by atoms with E-state index in [1.54, 1.807) is 0 Å². The highest BCUT2D eigenvalue weighted by Gasteiger charge is 2.07. The largest absolute Gasteiger partial charge is 0.368 e. The van der Waals surface area contributed by atoms with E-state index >= 15 is 0 Å². The molecule has 0 aliphatic rings. The van der Waals surface area contributed by atoms with Gasteiger partial charge in [0.05, 0.1) is 0 Å². The van der Waals surface area contributed by atoms with Crippen LogP contribution in [0.5, 0.6) is 0 Å². The number of carbonyl (C=O) groups is 2. The minimum absolute atomic E-state index is 0.119. The molecule has 0 aliphatic carbocycles. The van der Waals surface area contributed by atoms with E-state index < -0.39 is 23.4 Å². The Bertz CT molecular complexity index is 720. The van der Waals surface area contributed by atoms with Gasteiger partial charge in [0.15, 0.2) is 5.82 Å². The van der Waals surface area contributed by atoms with Crippen LogP contribution in [-0.4, -0.2) is 21.6 Å². The number of hydrogen-bond donors (Lipinski definition) is 2. The topological polar surface area (TPSA) is 90.0 Å². The van der Waals surface area contributed by atoms with Gasteiger partial charge >= 0.3 is 0 Å². The van der Waals surface area contributed by atoms with Crippen LogP contribution in [0.15, 0.2) is 36.5 Å². The maximum absolute atomic E-state index is 13.4. The molecular formula is C14H12F2N4O2. The number of amides is 2. The first-order valence-electron chi connectivity index (χ1n) is 6.20. The van der Waals surface area contributed by atoms with Crippen LogP contribution >= 0.6 is 0 Å². The molecule has 2 rings (SSSR count). The van der Waals surface area contributed by atoms with Crippen molar-refractivity contribution >= 4 is 23.7 Å². The second-order valence-corrected chi connectivity index (χ2v) is 4.32. The van der Waals surface area contributed by atoms with Crippen molar-refractivity contribution in [2.75, 3.05) is 5.32 Å². The Hall–Kier alpha value is -3.03. The molecule has 6 nitrogen and oxygen atoms in total. The maximum atomic E-state index is 13.4. The van der Waals surface area contributed by atoms with Gasteiger partial charge in [0.25, 0.3) is 0 Å². The predicted molar refractivity (Wildman–Crippen MR) is 75.4 cm³/mol. The molecule has 0 saturated heterocycles. The minimum Gasteiger partial charge on any atom is -0.368 e. The molecule has 114 valence electrons. The maximum Gasteiger partial charge on any atom is 0.249 e. The fourth-order valence-corrected chi connectivity index (χ4v) is 1.67. The molecule has 2 amide bonds. The van der Waals surface area contributed by atoms with Crippen molar-refractivity contribution < 1.29 is 18.4 Å². The average molecular weight is 306 g/mol. The molecule has 2 aromatic rings. The summed E-state index contributed by atoms with van der Waals surface area (Å²) in [5.74, 6) is -2.54. The van der Waals surface area contributed by atoms with Gasteiger partial charge in [-0.25, -0.2) is 8.78 Å². The van der Waals surface area contributed by atoms with Gasteiger partial charge in [-0.2, -0.15) is 5.10 Å². The quantitative estimate of drug-likeness (QED) is 0.816. The monoisotopic (exact) mass is 306 g/mol. The third kappa shape index (κ3) is 3.98. The van der Waals surface area contributed by atoms with Crippen molar-refractivity contribution in [1.82, 2.24) is 9.78 Å². The zero-order valence-corrected chi connectivity index (χ0v) is 11.3.